The fourth-order valence-electron chi connectivity index (χ4n) is 2.37. The molecule has 1 aliphatic heterocycles. The third-order valence-corrected chi connectivity index (χ3v) is 3.65. The molecule has 0 unspecified atom stereocenters. The molecule has 0 amide bonds. The molecule has 1 saturated carbocycles. The van der Waals surface area contributed by atoms with E-state index in [1.54, 1.807) is 0 Å². The Morgan fingerprint density at radius 3 is 2.59 bits per heavy atom. The van der Waals surface area contributed by atoms with Crippen molar-refractivity contribution in [2.45, 2.75) is 38.6 Å². The quantitative estimate of drug-likeness (QED) is 0.704. The van der Waals surface area contributed by atoms with Crippen LogP contribution in [0.4, 0.5) is 0 Å². The molecule has 0 aromatic rings. The minimum absolute atomic E-state index is 0.00301. The summed E-state index contributed by atoms with van der Waals surface area (Å²) in [4.78, 5) is 14.0. The third kappa shape index (κ3) is 4.28. The van der Waals surface area contributed by atoms with E-state index >= 15 is 0 Å². The van der Waals surface area contributed by atoms with E-state index < -0.39 is 0 Å². The van der Waals surface area contributed by atoms with E-state index in [0.29, 0.717) is 6.61 Å². The number of hydrogen-bond acceptors (Lipinski definition) is 4. The molecule has 0 atom stereocenters. The first-order chi connectivity index (χ1) is 8.29. The maximum atomic E-state index is 11.6. The molecule has 1 saturated heterocycles. The van der Waals surface area contributed by atoms with Crippen molar-refractivity contribution in [3.8, 4) is 0 Å². The van der Waals surface area contributed by atoms with Crippen LogP contribution in [0.3, 0.4) is 0 Å². The van der Waals surface area contributed by atoms with Crippen LogP contribution >= 0.6 is 0 Å². The summed E-state index contributed by atoms with van der Waals surface area (Å²) < 4.78 is 5.07. The van der Waals surface area contributed by atoms with E-state index in [1.807, 2.05) is 6.92 Å². The van der Waals surface area contributed by atoms with Crippen LogP contribution < -0.4 is 5.32 Å². The lowest BCUT2D eigenvalue weighted by Crippen LogP contribution is -2.40. The molecular weight excluding hydrogens is 216 g/mol. The Morgan fingerprint density at radius 2 is 2.00 bits per heavy atom. The number of nitrogens with zero attached hydrogens (tertiary/aromatic N) is 1. The van der Waals surface area contributed by atoms with Crippen LogP contribution in [0.25, 0.3) is 0 Å². The van der Waals surface area contributed by atoms with E-state index in [9.17, 15) is 4.79 Å². The molecule has 0 aromatic carbocycles. The summed E-state index contributed by atoms with van der Waals surface area (Å²) in [6.45, 7) is 6.66. The zero-order valence-corrected chi connectivity index (χ0v) is 10.8. The number of esters is 1. The molecule has 2 rings (SSSR count). The molecule has 0 radical (unpaired) electrons. The summed E-state index contributed by atoms with van der Waals surface area (Å²) in [6, 6.07) is 0.798. The Hall–Kier alpha value is -0.610. The van der Waals surface area contributed by atoms with Gasteiger partial charge < -0.3 is 15.0 Å². The Labute approximate surface area is 104 Å². The normalized spacial score (nSPS) is 22.6. The fourth-order valence-corrected chi connectivity index (χ4v) is 2.37. The molecule has 2 aliphatic rings. The van der Waals surface area contributed by atoms with Crippen LogP contribution in [0.2, 0.25) is 0 Å². The number of piperidine rings is 1. The average molecular weight is 240 g/mol. The van der Waals surface area contributed by atoms with E-state index in [4.69, 9.17) is 4.74 Å². The number of hydrogen-bond donors (Lipinski definition) is 1. The summed E-state index contributed by atoms with van der Waals surface area (Å²) in [7, 11) is 0. The van der Waals surface area contributed by atoms with Gasteiger partial charge in [-0.15, -0.1) is 0 Å². The van der Waals surface area contributed by atoms with Gasteiger partial charge in [0.1, 0.15) is 0 Å². The molecule has 0 aromatic heterocycles. The van der Waals surface area contributed by atoms with Crippen molar-refractivity contribution in [1.29, 1.82) is 0 Å². The zero-order valence-electron chi connectivity index (χ0n) is 10.8. The van der Waals surface area contributed by atoms with Gasteiger partial charge in [0.2, 0.25) is 0 Å². The van der Waals surface area contributed by atoms with E-state index in [0.717, 1.165) is 45.1 Å². The summed E-state index contributed by atoms with van der Waals surface area (Å²) in [5, 5.41) is 3.52. The highest BCUT2D eigenvalue weighted by atomic mass is 16.5. The molecule has 4 nitrogen and oxygen atoms in total. The van der Waals surface area contributed by atoms with Gasteiger partial charge in [-0.25, -0.2) is 0 Å². The second-order valence-electron chi connectivity index (χ2n) is 5.10. The van der Waals surface area contributed by atoms with E-state index in [2.05, 4.69) is 10.2 Å². The molecular formula is C13H24N2O2. The standard InChI is InChI=1S/C13H24N2O2/c1-2-17-13(16)11-5-8-15(9-6-11)10-7-14-12-3-4-12/h11-12,14H,2-10H2,1H3. The highest BCUT2D eigenvalue weighted by Crippen LogP contribution is 2.19. The van der Waals surface area contributed by atoms with Gasteiger partial charge in [0.05, 0.1) is 12.5 Å². The Morgan fingerprint density at radius 1 is 1.29 bits per heavy atom. The van der Waals surface area contributed by atoms with Gasteiger partial charge in [0.25, 0.3) is 0 Å². The molecule has 0 bridgehead atoms. The van der Waals surface area contributed by atoms with Gasteiger partial charge in [0, 0.05) is 19.1 Å². The van der Waals surface area contributed by atoms with E-state index in [-0.39, 0.29) is 11.9 Å². The zero-order chi connectivity index (χ0) is 12.1. The van der Waals surface area contributed by atoms with Crippen molar-refractivity contribution in [3.05, 3.63) is 0 Å². The van der Waals surface area contributed by atoms with Crippen molar-refractivity contribution in [1.82, 2.24) is 10.2 Å². The SMILES string of the molecule is CCOC(=O)C1CCN(CCNC2CC2)CC1. The van der Waals surface area contributed by atoms with Crippen molar-refractivity contribution in [2.75, 3.05) is 32.8 Å². The Kier molecular flexibility index (Phi) is 4.80. The number of carbonyl (C=O) groups excluding carboxylic acids is 1. The molecule has 2 fully saturated rings. The second kappa shape index (κ2) is 6.36. The van der Waals surface area contributed by atoms with Crippen LogP contribution in [-0.2, 0) is 9.53 Å². The number of carbonyl (C=O) groups is 1. The summed E-state index contributed by atoms with van der Waals surface area (Å²) >= 11 is 0. The van der Waals surface area contributed by atoms with Crippen LogP contribution in [0, 0.1) is 5.92 Å². The van der Waals surface area contributed by atoms with Crippen molar-refractivity contribution < 1.29 is 9.53 Å². The number of rotatable bonds is 6. The molecule has 1 heterocycles. The highest BCUT2D eigenvalue weighted by Gasteiger charge is 2.26. The Bertz CT molecular complexity index is 246. The van der Waals surface area contributed by atoms with Gasteiger partial charge >= 0.3 is 5.97 Å². The second-order valence-corrected chi connectivity index (χ2v) is 5.10. The summed E-state index contributed by atoms with van der Waals surface area (Å²) in [6.07, 6.45) is 4.63. The number of ether oxygens (including phenoxy) is 1. The Balaban J connectivity index is 1.58. The monoisotopic (exact) mass is 240 g/mol. The highest BCUT2D eigenvalue weighted by molar-refractivity contribution is 5.72. The van der Waals surface area contributed by atoms with Crippen LogP contribution in [0.5, 0.6) is 0 Å². The lowest BCUT2D eigenvalue weighted by atomic mass is 9.97. The van der Waals surface area contributed by atoms with Gasteiger partial charge in [-0.2, -0.15) is 0 Å². The van der Waals surface area contributed by atoms with Crippen LogP contribution in [-0.4, -0.2) is 49.7 Å². The molecule has 17 heavy (non-hydrogen) atoms. The first-order valence-corrected chi connectivity index (χ1v) is 6.92. The van der Waals surface area contributed by atoms with E-state index in [1.165, 1.54) is 12.8 Å². The van der Waals surface area contributed by atoms with Crippen molar-refractivity contribution >= 4 is 5.97 Å². The molecule has 0 spiro atoms. The first-order valence-electron chi connectivity index (χ1n) is 6.92. The van der Waals surface area contributed by atoms with Crippen molar-refractivity contribution in [2.24, 2.45) is 5.92 Å². The van der Waals surface area contributed by atoms with Gasteiger partial charge in [-0.3, -0.25) is 4.79 Å². The molecule has 1 N–H and O–H groups in total. The fraction of sp³-hybridized carbons (Fsp3) is 0.923. The first kappa shape index (κ1) is 12.8. The molecule has 1 aliphatic carbocycles. The predicted molar refractivity (Wildman–Crippen MR) is 66.8 cm³/mol. The van der Waals surface area contributed by atoms with Crippen LogP contribution in [0.1, 0.15) is 32.6 Å². The maximum absolute atomic E-state index is 11.6. The summed E-state index contributed by atoms with van der Waals surface area (Å²) in [5.74, 6) is 0.144. The average Bonchev–Trinajstić information content (AvgIpc) is 3.14. The lowest BCUT2D eigenvalue weighted by Gasteiger charge is -2.30. The molecule has 98 valence electrons. The number of nitrogens with one attached hydrogen (secondary N) is 1. The topological polar surface area (TPSA) is 41.6 Å². The smallest absolute Gasteiger partial charge is 0.309 e. The largest absolute Gasteiger partial charge is 0.466 e. The third-order valence-electron chi connectivity index (χ3n) is 3.65. The van der Waals surface area contributed by atoms with Crippen molar-refractivity contribution in [3.63, 3.8) is 0 Å². The molecule has 4 heteroatoms. The number of likely N-dealkylation sites (tertiary alicyclic amines) is 1. The predicted octanol–water partition coefficient (Wildman–Crippen LogP) is 1.01. The minimum Gasteiger partial charge on any atom is -0.466 e. The van der Waals surface area contributed by atoms with Gasteiger partial charge in [0.15, 0.2) is 0 Å². The maximum Gasteiger partial charge on any atom is 0.309 e. The van der Waals surface area contributed by atoms with Gasteiger partial charge in [-0.1, -0.05) is 0 Å². The van der Waals surface area contributed by atoms with Crippen LogP contribution in [0.15, 0.2) is 0 Å². The minimum atomic E-state index is 0.00301. The lowest BCUT2D eigenvalue weighted by molar-refractivity contribution is -0.149. The van der Waals surface area contributed by atoms with Gasteiger partial charge in [-0.05, 0) is 45.7 Å². The summed E-state index contributed by atoms with van der Waals surface area (Å²) in [5.41, 5.74) is 0.